The number of ether oxygens (including phenoxy) is 1. The largest absolute Gasteiger partial charge is 0.486 e. The van der Waals surface area contributed by atoms with Crippen LogP contribution in [0.5, 0.6) is 5.75 Å². The molecular weight excluding hydrogens is 459 g/mol. The van der Waals surface area contributed by atoms with Crippen LogP contribution in [0.15, 0.2) is 72.8 Å². The van der Waals surface area contributed by atoms with Crippen LogP contribution in [0.2, 0.25) is 0 Å². The summed E-state index contributed by atoms with van der Waals surface area (Å²) in [5.74, 6) is -0.762. The van der Waals surface area contributed by atoms with Gasteiger partial charge < -0.3 is 15.2 Å². The quantitative estimate of drug-likeness (QED) is 0.344. The van der Waals surface area contributed by atoms with Gasteiger partial charge in [0.1, 0.15) is 11.9 Å². The van der Waals surface area contributed by atoms with Crippen molar-refractivity contribution < 1.29 is 32.6 Å². The number of benzene rings is 3. The Kier molecular flexibility index (Phi) is 8.52. The molecule has 1 amide bonds. The van der Waals surface area contributed by atoms with E-state index in [4.69, 9.17) is 9.84 Å². The number of halogens is 3. The Balaban J connectivity index is 1.67. The topological polar surface area (TPSA) is 75.6 Å². The Labute approximate surface area is 201 Å². The van der Waals surface area contributed by atoms with Gasteiger partial charge in [-0.15, -0.1) is 0 Å². The van der Waals surface area contributed by atoms with Crippen LogP contribution >= 0.6 is 0 Å². The van der Waals surface area contributed by atoms with Gasteiger partial charge in [-0.2, -0.15) is 13.2 Å². The number of carboxylic acid groups (broad SMARTS) is 1. The first kappa shape index (κ1) is 25.8. The summed E-state index contributed by atoms with van der Waals surface area (Å²) in [6, 6.07) is 19.2. The van der Waals surface area contributed by atoms with Crippen LogP contribution in [0, 0.1) is 0 Å². The van der Waals surface area contributed by atoms with Gasteiger partial charge >= 0.3 is 12.1 Å². The fraction of sp³-hybridized carbons (Fsp3) is 0.259. The number of carbonyl (C=O) groups is 2. The highest BCUT2D eigenvalue weighted by Crippen LogP contribution is 2.32. The summed E-state index contributed by atoms with van der Waals surface area (Å²) in [6.45, 7) is 2.09. The van der Waals surface area contributed by atoms with E-state index < -0.39 is 17.7 Å². The molecule has 3 aromatic carbocycles. The Morgan fingerprint density at radius 1 is 0.914 bits per heavy atom. The van der Waals surface area contributed by atoms with Gasteiger partial charge in [-0.3, -0.25) is 9.59 Å². The van der Waals surface area contributed by atoms with Crippen molar-refractivity contribution in [1.29, 1.82) is 0 Å². The van der Waals surface area contributed by atoms with Crippen LogP contribution in [0.25, 0.3) is 11.1 Å². The molecule has 1 unspecified atom stereocenters. The fourth-order valence-corrected chi connectivity index (χ4v) is 3.53. The molecule has 35 heavy (non-hydrogen) atoms. The van der Waals surface area contributed by atoms with Crippen molar-refractivity contribution in [1.82, 2.24) is 5.32 Å². The maximum Gasteiger partial charge on any atom is 0.416 e. The molecule has 8 heteroatoms. The highest BCUT2D eigenvalue weighted by molar-refractivity contribution is 5.94. The molecular formula is C27H26F3NO4. The Bertz CT molecular complexity index is 1130. The third-order valence-corrected chi connectivity index (χ3v) is 5.40. The molecule has 0 aliphatic heterocycles. The lowest BCUT2D eigenvalue weighted by Crippen LogP contribution is -2.25. The molecule has 0 spiro atoms. The highest BCUT2D eigenvalue weighted by atomic mass is 19.4. The van der Waals surface area contributed by atoms with Gasteiger partial charge in [0.2, 0.25) is 0 Å². The maximum absolute atomic E-state index is 12.8. The number of rotatable bonds is 10. The number of amides is 1. The van der Waals surface area contributed by atoms with Gasteiger partial charge in [0, 0.05) is 12.1 Å². The van der Waals surface area contributed by atoms with Crippen molar-refractivity contribution in [3.63, 3.8) is 0 Å². The minimum atomic E-state index is -4.37. The van der Waals surface area contributed by atoms with Gasteiger partial charge in [-0.25, -0.2) is 0 Å². The lowest BCUT2D eigenvalue weighted by molar-refractivity contribution is -0.138. The molecule has 0 saturated carbocycles. The van der Waals surface area contributed by atoms with Crippen molar-refractivity contribution in [3.8, 4) is 16.9 Å². The number of carbonyl (C=O) groups excluding carboxylic acids is 1. The van der Waals surface area contributed by atoms with Crippen LogP contribution in [0.3, 0.4) is 0 Å². The van der Waals surface area contributed by atoms with Crippen LogP contribution < -0.4 is 10.1 Å². The molecule has 0 heterocycles. The first-order valence-electron chi connectivity index (χ1n) is 11.2. The maximum atomic E-state index is 12.8. The van der Waals surface area contributed by atoms with Crippen molar-refractivity contribution in [2.24, 2.45) is 0 Å². The van der Waals surface area contributed by atoms with E-state index in [1.54, 1.807) is 24.3 Å². The molecule has 5 nitrogen and oxygen atoms in total. The second-order valence-electron chi connectivity index (χ2n) is 8.02. The Hall–Kier alpha value is -3.81. The van der Waals surface area contributed by atoms with Crippen molar-refractivity contribution in [2.45, 2.75) is 38.5 Å². The van der Waals surface area contributed by atoms with Gasteiger partial charge in [0.15, 0.2) is 0 Å². The van der Waals surface area contributed by atoms with Gasteiger partial charge in [0.25, 0.3) is 5.91 Å². The van der Waals surface area contributed by atoms with E-state index in [0.717, 1.165) is 36.1 Å². The number of hydrogen-bond acceptors (Lipinski definition) is 3. The summed E-state index contributed by atoms with van der Waals surface area (Å²) in [7, 11) is 0. The zero-order valence-electron chi connectivity index (χ0n) is 19.1. The molecule has 3 rings (SSSR count). The predicted octanol–water partition coefficient (Wildman–Crippen LogP) is 6.50. The number of nitrogens with one attached hydrogen (secondary N) is 1. The van der Waals surface area contributed by atoms with Gasteiger partial charge in [0.05, 0.1) is 12.0 Å². The minimum absolute atomic E-state index is 0.0491. The van der Waals surface area contributed by atoms with Crippen LogP contribution in [-0.2, 0) is 11.0 Å². The summed E-state index contributed by atoms with van der Waals surface area (Å²) < 4.78 is 44.6. The van der Waals surface area contributed by atoms with E-state index in [2.05, 4.69) is 5.32 Å². The summed E-state index contributed by atoms with van der Waals surface area (Å²) in [4.78, 5) is 22.7. The van der Waals surface area contributed by atoms with Crippen LogP contribution in [-0.4, -0.2) is 23.5 Å². The highest BCUT2D eigenvalue weighted by Gasteiger charge is 2.30. The summed E-state index contributed by atoms with van der Waals surface area (Å²) in [5.41, 5.74) is 2.14. The van der Waals surface area contributed by atoms with Gasteiger partial charge in [-0.1, -0.05) is 49.7 Å². The number of carboxylic acids is 1. The average molecular weight is 486 g/mol. The van der Waals surface area contributed by atoms with E-state index in [-0.39, 0.29) is 25.0 Å². The molecule has 0 aliphatic carbocycles. The lowest BCUT2D eigenvalue weighted by atomic mass is 9.99. The molecule has 0 bridgehead atoms. The van der Waals surface area contributed by atoms with E-state index in [0.29, 0.717) is 16.9 Å². The molecule has 184 valence electrons. The normalized spacial score (nSPS) is 12.1. The SMILES string of the molecule is CCCC(Oc1ccc(C(=O)NCCC(=O)O)cc1)c1ccc(-c2ccc(C(F)(F)F)cc2)cc1. The molecule has 0 fully saturated rings. The number of hydrogen-bond donors (Lipinski definition) is 2. The molecule has 0 radical (unpaired) electrons. The predicted molar refractivity (Wildman–Crippen MR) is 126 cm³/mol. The van der Waals surface area contributed by atoms with Crippen molar-refractivity contribution >= 4 is 11.9 Å². The van der Waals surface area contributed by atoms with Crippen molar-refractivity contribution in [2.75, 3.05) is 6.54 Å². The van der Waals surface area contributed by atoms with E-state index in [1.165, 1.54) is 12.1 Å². The summed E-state index contributed by atoms with van der Waals surface area (Å²) >= 11 is 0. The second-order valence-corrected chi connectivity index (χ2v) is 8.02. The van der Waals surface area contributed by atoms with E-state index >= 15 is 0 Å². The van der Waals surface area contributed by atoms with Gasteiger partial charge in [-0.05, 0) is 59.5 Å². The molecule has 0 aromatic heterocycles. The van der Waals surface area contributed by atoms with E-state index in [9.17, 15) is 22.8 Å². The third kappa shape index (κ3) is 7.34. The Morgan fingerprint density at radius 3 is 2.00 bits per heavy atom. The first-order valence-corrected chi connectivity index (χ1v) is 11.2. The molecule has 0 saturated heterocycles. The Morgan fingerprint density at radius 2 is 1.49 bits per heavy atom. The fourth-order valence-electron chi connectivity index (χ4n) is 3.53. The zero-order valence-corrected chi connectivity index (χ0v) is 19.1. The minimum Gasteiger partial charge on any atom is -0.486 e. The van der Waals surface area contributed by atoms with Crippen LogP contribution in [0.1, 0.15) is 53.8 Å². The third-order valence-electron chi connectivity index (χ3n) is 5.40. The second kappa shape index (κ2) is 11.6. The lowest BCUT2D eigenvalue weighted by Gasteiger charge is -2.20. The number of alkyl halides is 3. The summed E-state index contributed by atoms with van der Waals surface area (Å²) in [6.07, 6.45) is -3.14. The standard InChI is InChI=1S/C27H26F3NO4/c1-2-3-24(35-23-14-10-21(11-15-23)26(34)31-17-16-25(32)33)20-6-4-18(5-7-20)19-8-12-22(13-9-19)27(28,29)30/h4-15,24H,2-3,16-17H2,1H3,(H,31,34)(H,32,33). The molecule has 2 N–H and O–H groups in total. The average Bonchev–Trinajstić information content (AvgIpc) is 2.83. The van der Waals surface area contributed by atoms with Crippen molar-refractivity contribution in [3.05, 3.63) is 89.5 Å². The summed E-state index contributed by atoms with van der Waals surface area (Å²) in [5, 5.41) is 11.2. The molecule has 0 aliphatic rings. The number of aliphatic carboxylic acids is 1. The monoisotopic (exact) mass is 485 g/mol. The molecule has 3 aromatic rings. The zero-order chi connectivity index (χ0) is 25.4. The van der Waals surface area contributed by atoms with E-state index in [1.807, 2.05) is 31.2 Å². The molecule has 1 atom stereocenters. The van der Waals surface area contributed by atoms with Crippen LogP contribution in [0.4, 0.5) is 13.2 Å². The smallest absolute Gasteiger partial charge is 0.416 e. The first-order chi connectivity index (χ1) is 16.7.